The number of nitrogen functional groups attached to an aromatic ring is 1. The monoisotopic (exact) mass is 491 g/mol. The molecule has 0 atom stereocenters. The zero-order valence-corrected chi connectivity index (χ0v) is 18.4. The third kappa shape index (κ3) is 4.14. The summed E-state index contributed by atoms with van der Waals surface area (Å²) >= 11 is 6.41. The number of methoxy groups -OCH3 is 1. The van der Waals surface area contributed by atoms with E-state index in [0.29, 0.717) is 16.5 Å². The van der Waals surface area contributed by atoms with Crippen molar-refractivity contribution in [2.75, 3.05) is 13.0 Å². The first-order valence-corrected chi connectivity index (χ1v) is 11.1. The van der Waals surface area contributed by atoms with Gasteiger partial charge in [-0.15, -0.1) is 21.5 Å². The molecule has 0 spiro atoms. The predicted molar refractivity (Wildman–Crippen MR) is 117 cm³/mol. The number of aromatic nitrogens is 4. The van der Waals surface area contributed by atoms with Gasteiger partial charge in [0.25, 0.3) is 0 Å². The van der Waals surface area contributed by atoms with E-state index in [1.54, 1.807) is 25.3 Å². The highest BCUT2D eigenvalue weighted by Crippen LogP contribution is 2.35. The summed E-state index contributed by atoms with van der Waals surface area (Å²) in [6.07, 6.45) is 0. The van der Waals surface area contributed by atoms with E-state index in [0.717, 1.165) is 26.5 Å². The molecule has 10 heteroatoms. The van der Waals surface area contributed by atoms with Crippen LogP contribution in [0.15, 0.2) is 57.5 Å². The third-order valence-electron chi connectivity index (χ3n) is 4.07. The van der Waals surface area contributed by atoms with Crippen LogP contribution in [0.25, 0.3) is 22.0 Å². The lowest BCUT2D eigenvalue weighted by Crippen LogP contribution is -2.12. The predicted octanol–water partition coefficient (Wildman–Crippen LogP) is 4.98. The molecule has 0 fully saturated rings. The van der Waals surface area contributed by atoms with Crippen LogP contribution in [-0.2, 0) is 5.75 Å². The Hall–Kier alpha value is -2.43. The second-order valence-electron chi connectivity index (χ2n) is 5.93. The maximum absolute atomic E-state index is 14.0. The first kappa shape index (κ1) is 19.9. The number of hydrogen-bond donors (Lipinski definition) is 1. The average molecular weight is 492 g/mol. The van der Waals surface area contributed by atoms with E-state index in [1.807, 2.05) is 23.6 Å². The molecule has 2 N–H and O–H groups in total. The minimum atomic E-state index is -0.393. The Morgan fingerprint density at radius 2 is 2.03 bits per heavy atom. The summed E-state index contributed by atoms with van der Waals surface area (Å²) in [6.45, 7) is 0. The van der Waals surface area contributed by atoms with Gasteiger partial charge >= 0.3 is 0 Å². The quantitative estimate of drug-likeness (QED) is 0.302. The van der Waals surface area contributed by atoms with Gasteiger partial charge in [-0.1, -0.05) is 39.8 Å². The molecule has 6 nitrogen and oxygen atoms in total. The van der Waals surface area contributed by atoms with Crippen molar-refractivity contribution in [1.29, 1.82) is 0 Å². The molecular weight excluding hydrogens is 477 g/mol. The number of ether oxygens (including phenoxy) is 1. The number of benzene rings is 2. The van der Waals surface area contributed by atoms with E-state index in [9.17, 15) is 4.39 Å². The van der Waals surface area contributed by atoms with Crippen LogP contribution in [0.4, 0.5) is 4.39 Å². The number of hydrogen-bond acceptors (Lipinski definition) is 7. The highest BCUT2D eigenvalue weighted by molar-refractivity contribution is 9.10. The van der Waals surface area contributed by atoms with E-state index in [2.05, 4.69) is 26.1 Å². The molecule has 0 saturated heterocycles. The molecule has 0 amide bonds. The topological polar surface area (TPSA) is 78.9 Å². The van der Waals surface area contributed by atoms with Gasteiger partial charge in [-0.05, 0) is 30.3 Å². The Morgan fingerprint density at radius 1 is 1.21 bits per heavy atom. The van der Waals surface area contributed by atoms with Crippen molar-refractivity contribution >= 4 is 39.0 Å². The van der Waals surface area contributed by atoms with Crippen molar-refractivity contribution in [1.82, 2.24) is 19.9 Å². The zero-order chi connectivity index (χ0) is 20.4. The summed E-state index contributed by atoms with van der Waals surface area (Å²) in [7, 11) is 1.64. The summed E-state index contributed by atoms with van der Waals surface area (Å²) in [5, 5.41) is 11.4. The summed E-state index contributed by atoms with van der Waals surface area (Å²) in [5.74, 6) is 7.29. The first-order chi connectivity index (χ1) is 14.1. The summed E-state index contributed by atoms with van der Waals surface area (Å²) < 4.78 is 21.7. The molecular formula is C19H15BrFN5OS2. The number of thiazole rings is 1. The van der Waals surface area contributed by atoms with Crippen molar-refractivity contribution < 1.29 is 9.13 Å². The molecule has 0 bridgehead atoms. The third-order valence-corrected chi connectivity index (χ3v) is 6.47. The van der Waals surface area contributed by atoms with Gasteiger partial charge in [0.2, 0.25) is 5.16 Å². The van der Waals surface area contributed by atoms with E-state index in [-0.39, 0.29) is 5.82 Å². The van der Waals surface area contributed by atoms with E-state index in [1.165, 1.54) is 33.8 Å². The van der Waals surface area contributed by atoms with Crippen LogP contribution in [0.5, 0.6) is 5.75 Å². The Labute approximate surface area is 183 Å². The van der Waals surface area contributed by atoms with Crippen molar-refractivity contribution in [2.24, 2.45) is 0 Å². The van der Waals surface area contributed by atoms with Gasteiger partial charge in [0.05, 0.1) is 23.9 Å². The molecule has 0 saturated carbocycles. The Kier molecular flexibility index (Phi) is 5.84. The van der Waals surface area contributed by atoms with Crippen LogP contribution in [0.2, 0.25) is 0 Å². The first-order valence-electron chi connectivity index (χ1n) is 8.43. The van der Waals surface area contributed by atoms with Gasteiger partial charge in [0.1, 0.15) is 16.6 Å². The molecule has 2 aromatic heterocycles. The summed E-state index contributed by atoms with van der Waals surface area (Å²) in [5.41, 5.74) is 2.12. The van der Waals surface area contributed by atoms with Crippen LogP contribution in [0.1, 0.15) is 5.69 Å². The minimum Gasteiger partial charge on any atom is -0.496 e. The molecule has 0 aliphatic rings. The van der Waals surface area contributed by atoms with Crippen molar-refractivity contribution in [3.05, 3.63) is 63.8 Å². The molecule has 29 heavy (non-hydrogen) atoms. The lowest BCUT2D eigenvalue weighted by molar-refractivity contribution is 0.416. The second-order valence-corrected chi connectivity index (χ2v) is 8.65. The molecule has 4 aromatic rings. The van der Waals surface area contributed by atoms with Gasteiger partial charge in [0, 0.05) is 15.6 Å². The molecule has 2 aromatic carbocycles. The van der Waals surface area contributed by atoms with E-state index in [4.69, 9.17) is 15.6 Å². The summed E-state index contributed by atoms with van der Waals surface area (Å²) in [4.78, 5) is 4.69. The molecule has 4 rings (SSSR count). The summed E-state index contributed by atoms with van der Waals surface area (Å²) in [6, 6.07) is 12.1. The number of thioether (sulfide) groups is 1. The van der Waals surface area contributed by atoms with Crippen LogP contribution in [0.3, 0.4) is 0 Å². The SMILES string of the molecule is COc1ccc(Br)cc1-c1nc(CSc2nnc(-c3ccccc3F)n2N)cs1. The normalized spacial score (nSPS) is 11.0. The molecule has 0 radical (unpaired) electrons. The van der Waals surface area contributed by atoms with Gasteiger partial charge in [0.15, 0.2) is 5.82 Å². The van der Waals surface area contributed by atoms with Gasteiger partial charge in [-0.25, -0.2) is 14.1 Å². The van der Waals surface area contributed by atoms with Crippen molar-refractivity contribution in [2.45, 2.75) is 10.9 Å². The van der Waals surface area contributed by atoms with Gasteiger partial charge < -0.3 is 10.6 Å². The fourth-order valence-corrected chi connectivity index (χ4v) is 4.74. The molecule has 0 unspecified atom stereocenters. The minimum absolute atomic E-state index is 0.281. The van der Waals surface area contributed by atoms with Crippen LogP contribution < -0.4 is 10.6 Å². The molecule has 0 aliphatic carbocycles. The molecule has 0 aliphatic heterocycles. The highest BCUT2D eigenvalue weighted by atomic mass is 79.9. The average Bonchev–Trinajstić information content (AvgIpc) is 3.34. The highest BCUT2D eigenvalue weighted by Gasteiger charge is 2.16. The van der Waals surface area contributed by atoms with Crippen LogP contribution >= 0.6 is 39.0 Å². The number of halogens is 2. The number of nitrogens with two attached hydrogens (primary N) is 1. The molecule has 2 heterocycles. The van der Waals surface area contributed by atoms with Crippen molar-refractivity contribution in [3.8, 4) is 27.7 Å². The van der Waals surface area contributed by atoms with Crippen molar-refractivity contribution in [3.63, 3.8) is 0 Å². The van der Waals surface area contributed by atoms with Crippen LogP contribution in [0, 0.1) is 5.82 Å². The lowest BCUT2D eigenvalue weighted by atomic mass is 10.2. The second kappa shape index (κ2) is 8.52. The number of rotatable bonds is 6. The van der Waals surface area contributed by atoms with E-state index < -0.39 is 5.82 Å². The maximum atomic E-state index is 14.0. The van der Waals surface area contributed by atoms with Gasteiger partial charge in [-0.3, -0.25) is 0 Å². The Morgan fingerprint density at radius 3 is 2.83 bits per heavy atom. The smallest absolute Gasteiger partial charge is 0.210 e. The largest absolute Gasteiger partial charge is 0.496 e. The lowest BCUT2D eigenvalue weighted by Gasteiger charge is -2.06. The van der Waals surface area contributed by atoms with E-state index >= 15 is 0 Å². The number of nitrogens with zero attached hydrogens (tertiary/aromatic N) is 4. The van der Waals surface area contributed by atoms with Crippen LogP contribution in [-0.4, -0.2) is 27.0 Å². The fourth-order valence-electron chi connectivity index (χ4n) is 2.68. The fraction of sp³-hybridized carbons (Fsp3) is 0.105. The molecule has 148 valence electrons. The van der Waals surface area contributed by atoms with Gasteiger partial charge in [-0.2, -0.15) is 0 Å². The standard InChI is InChI=1S/C19H15BrFN5OS2/c1-27-16-7-6-11(20)8-14(16)18-23-12(9-28-18)10-29-19-25-24-17(26(19)22)13-4-2-3-5-15(13)21/h2-9H,10,22H2,1H3. The zero-order valence-electron chi connectivity index (χ0n) is 15.2. The Bertz CT molecular complexity index is 1160. The maximum Gasteiger partial charge on any atom is 0.210 e. The Balaban J connectivity index is 1.52.